The second kappa shape index (κ2) is 6.04. The third kappa shape index (κ3) is 2.59. The van der Waals surface area contributed by atoms with E-state index in [2.05, 4.69) is 10.2 Å². The first kappa shape index (κ1) is 15.5. The number of para-hydroxylation sites is 1. The molecule has 0 radical (unpaired) electrons. The van der Waals surface area contributed by atoms with Crippen molar-refractivity contribution in [3.63, 3.8) is 0 Å². The highest BCUT2D eigenvalue weighted by atomic mass is 32.2. The molecule has 0 aliphatic carbocycles. The molecule has 2 heterocycles. The Labute approximate surface area is 136 Å². The molecule has 0 saturated heterocycles. The van der Waals surface area contributed by atoms with Gasteiger partial charge in [0.15, 0.2) is 5.16 Å². The van der Waals surface area contributed by atoms with E-state index in [4.69, 9.17) is 5.73 Å². The second-order valence-electron chi connectivity index (χ2n) is 5.25. The van der Waals surface area contributed by atoms with Crippen LogP contribution in [0.2, 0.25) is 0 Å². The summed E-state index contributed by atoms with van der Waals surface area (Å²) in [5, 5.41) is 9.03. The number of aryl methyl sites for hydroxylation is 1. The van der Waals surface area contributed by atoms with Gasteiger partial charge in [-0.25, -0.2) is 0 Å². The number of nitrogens with two attached hydrogens (primary N) is 1. The molecule has 0 saturated carbocycles. The summed E-state index contributed by atoms with van der Waals surface area (Å²) in [4.78, 5) is 24.0. The molecule has 0 aliphatic rings. The number of amides is 1. The first-order chi connectivity index (χ1) is 11.0. The normalized spacial score (nSPS) is 12.8. The number of thioether (sulfide) groups is 1. The summed E-state index contributed by atoms with van der Waals surface area (Å²) in [7, 11) is 0. The van der Waals surface area contributed by atoms with E-state index >= 15 is 0 Å². The largest absolute Gasteiger partial charge is 0.369 e. The van der Waals surface area contributed by atoms with Crippen LogP contribution in [0.3, 0.4) is 0 Å². The lowest BCUT2D eigenvalue weighted by Crippen LogP contribution is -2.24. The van der Waals surface area contributed by atoms with Gasteiger partial charge in [0.05, 0.1) is 16.2 Å². The molecule has 7 nitrogen and oxygen atoms in total. The fourth-order valence-electron chi connectivity index (χ4n) is 2.45. The number of fused-ring (bicyclic) bond motifs is 3. The lowest BCUT2D eigenvalue weighted by molar-refractivity contribution is -0.117. The van der Waals surface area contributed by atoms with Crippen LogP contribution in [-0.4, -0.2) is 30.3 Å². The number of hydrogen-bond acceptors (Lipinski definition) is 5. The maximum atomic E-state index is 12.7. The zero-order chi connectivity index (χ0) is 16.6. The van der Waals surface area contributed by atoms with Gasteiger partial charge in [-0.05, 0) is 25.5 Å². The van der Waals surface area contributed by atoms with Gasteiger partial charge in [-0.15, -0.1) is 10.2 Å². The summed E-state index contributed by atoms with van der Waals surface area (Å²) in [6, 6.07) is 7.32. The first-order valence-electron chi connectivity index (χ1n) is 7.37. The Morgan fingerprint density at radius 2 is 2.09 bits per heavy atom. The van der Waals surface area contributed by atoms with Crippen LogP contribution in [0.5, 0.6) is 0 Å². The van der Waals surface area contributed by atoms with Crippen molar-refractivity contribution in [2.24, 2.45) is 5.73 Å². The average molecular weight is 331 g/mol. The number of rotatable bonds is 5. The van der Waals surface area contributed by atoms with E-state index in [-0.39, 0.29) is 5.56 Å². The molecule has 1 atom stereocenters. The van der Waals surface area contributed by atoms with Crippen LogP contribution in [0.4, 0.5) is 0 Å². The van der Waals surface area contributed by atoms with E-state index in [1.807, 2.05) is 29.5 Å². The maximum Gasteiger partial charge on any atom is 0.262 e. The van der Waals surface area contributed by atoms with Crippen molar-refractivity contribution in [2.75, 3.05) is 0 Å². The third-order valence-corrected chi connectivity index (χ3v) is 4.67. The predicted molar refractivity (Wildman–Crippen MR) is 89.6 cm³/mol. The summed E-state index contributed by atoms with van der Waals surface area (Å²) in [6.07, 6.45) is 0.806. The zero-order valence-electron chi connectivity index (χ0n) is 12.9. The quantitative estimate of drug-likeness (QED) is 0.713. The first-order valence-corrected chi connectivity index (χ1v) is 8.25. The molecule has 2 N–H and O–H groups in total. The predicted octanol–water partition coefficient (Wildman–Crippen LogP) is 1.42. The highest BCUT2D eigenvalue weighted by molar-refractivity contribution is 8.00. The third-order valence-electron chi connectivity index (χ3n) is 3.61. The van der Waals surface area contributed by atoms with Gasteiger partial charge >= 0.3 is 0 Å². The van der Waals surface area contributed by atoms with Gasteiger partial charge in [0.25, 0.3) is 5.56 Å². The van der Waals surface area contributed by atoms with Crippen molar-refractivity contribution >= 4 is 34.3 Å². The van der Waals surface area contributed by atoms with Gasteiger partial charge < -0.3 is 5.73 Å². The summed E-state index contributed by atoms with van der Waals surface area (Å²) < 4.78 is 3.44. The molecule has 1 aromatic carbocycles. The lowest BCUT2D eigenvalue weighted by Gasteiger charge is -2.11. The van der Waals surface area contributed by atoms with Gasteiger partial charge in [0.2, 0.25) is 11.7 Å². The molecule has 120 valence electrons. The minimum atomic E-state index is -0.437. The Hall–Kier alpha value is -2.35. The van der Waals surface area contributed by atoms with Gasteiger partial charge in [0, 0.05) is 6.54 Å². The lowest BCUT2D eigenvalue weighted by atomic mass is 10.2. The molecule has 8 heteroatoms. The van der Waals surface area contributed by atoms with Crippen LogP contribution in [0.15, 0.2) is 34.2 Å². The topological polar surface area (TPSA) is 95.3 Å². The van der Waals surface area contributed by atoms with Crippen LogP contribution in [-0.2, 0) is 11.3 Å². The van der Waals surface area contributed by atoms with Crippen LogP contribution in [0.1, 0.15) is 20.3 Å². The molecule has 0 spiro atoms. The number of primary amides is 1. The minimum absolute atomic E-state index is 0.0816. The molecule has 0 fully saturated rings. The number of nitrogens with zero attached hydrogens (tertiary/aromatic N) is 4. The highest BCUT2D eigenvalue weighted by Gasteiger charge is 2.19. The Morgan fingerprint density at radius 1 is 1.35 bits per heavy atom. The highest BCUT2D eigenvalue weighted by Crippen LogP contribution is 2.24. The van der Waals surface area contributed by atoms with Crippen molar-refractivity contribution in [3.8, 4) is 0 Å². The fourth-order valence-corrected chi connectivity index (χ4v) is 3.26. The van der Waals surface area contributed by atoms with Gasteiger partial charge in [-0.2, -0.15) is 0 Å². The number of hydrogen-bond donors (Lipinski definition) is 1. The SMILES string of the molecule is CCCn1c(=O)c2ccccc2n2c(S[C@H](C)C(N)=O)nnc12. The van der Waals surface area contributed by atoms with Crippen molar-refractivity contribution in [2.45, 2.75) is 37.2 Å². The summed E-state index contributed by atoms with van der Waals surface area (Å²) in [6.45, 7) is 4.28. The smallest absolute Gasteiger partial charge is 0.262 e. The summed E-state index contributed by atoms with van der Waals surface area (Å²) >= 11 is 1.23. The molecule has 3 rings (SSSR count). The molecule has 23 heavy (non-hydrogen) atoms. The maximum absolute atomic E-state index is 12.7. The summed E-state index contributed by atoms with van der Waals surface area (Å²) in [5.74, 6) is 0.0626. The Bertz CT molecular complexity index is 946. The molecular weight excluding hydrogens is 314 g/mol. The Kier molecular flexibility index (Phi) is 4.08. The number of aromatic nitrogens is 4. The molecule has 0 bridgehead atoms. The zero-order valence-corrected chi connectivity index (χ0v) is 13.7. The van der Waals surface area contributed by atoms with E-state index in [0.717, 1.165) is 11.9 Å². The minimum Gasteiger partial charge on any atom is -0.369 e. The average Bonchev–Trinajstić information content (AvgIpc) is 2.95. The molecule has 1 amide bonds. The van der Waals surface area contributed by atoms with Crippen LogP contribution >= 0.6 is 11.8 Å². The van der Waals surface area contributed by atoms with E-state index in [1.165, 1.54) is 11.8 Å². The fraction of sp³-hybridized carbons (Fsp3) is 0.333. The van der Waals surface area contributed by atoms with E-state index < -0.39 is 11.2 Å². The Morgan fingerprint density at radius 3 is 2.78 bits per heavy atom. The molecule has 3 aromatic rings. The van der Waals surface area contributed by atoms with Crippen LogP contribution in [0.25, 0.3) is 16.7 Å². The van der Waals surface area contributed by atoms with E-state index in [9.17, 15) is 9.59 Å². The molecular formula is C15H17N5O2S. The number of benzene rings is 1. The van der Waals surface area contributed by atoms with Crippen LogP contribution in [0, 0.1) is 0 Å². The molecule has 0 aliphatic heterocycles. The van der Waals surface area contributed by atoms with Crippen molar-refractivity contribution < 1.29 is 4.79 Å². The number of carbonyl (C=O) groups excluding carboxylic acids is 1. The van der Waals surface area contributed by atoms with Crippen LogP contribution < -0.4 is 11.3 Å². The van der Waals surface area contributed by atoms with Crippen molar-refractivity contribution in [1.29, 1.82) is 0 Å². The van der Waals surface area contributed by atoms with Gasteiger partial charge in [0.1, 0.15) is 0 Å². The van der Waals surface area contributed by atoms with Gasteiger partial charge in [-0.3, -0.25) is 18.6 Å². The van der Waals surface area contributed by atoms with E-state index in [0.29, 0.717) is 22.9 Å². The van der Waals surface area contributed by atoms with Crippen molar-refractivity contribution in [3.05, 3.63) is 34.6 Å². The molecule has 2 aromatic heterocycles. The summed E-state index contributed by atoms with van der Waals surface area (Å²) in [5.41, 5.74) is 5.98. The second-order valence-corrected chi connectivity index (χ2v) is 6.56. The van der Waals surface area contributed by atoms with Crippen molar-refractivity contribution in [1.82, 2.24) is 19.2 Å². The standard InChI is InChI=1S/C15H17N5O2S/c1-3-8-19-13(22)10-6-4-5-7-11(10)20-14(19)17-18-15(20)23-9(2)12(16)21/h4-7,9H,3,8H2,1-2H3,(H2,16,21)/t9-/m1/s1. The Balaban J connectivity index is 2.33. The van der Waals surface area contributed by atoms with E-state index in [1.54, 1.807) is 17.6 Å². The monoisotopic (exact) mass is 331 g/mol. The van der Waals surface area contributed by atoms with Gasteiger partial charge in [-0.1, -0.05) is 30.8 Å². The number of carbonyl (C=O) groups is 1. The molecule has 0 unspecified atom stereocenters.